The summed E-state index contributed by atoms with van der Waals surface area (Å²) in [6.07, 6.45) is 4.24. The summed E-state index contributed by atoms with van der Waals surface area (Å²) in [5.41, 5.74) is 0. The molecule has 0 amide bonds. The zero-order valence-corrected chi connectivity index (χ0v) is 9.32. The van der Waals surface area contributed by atoms with Gasteiger partial charge in [-0.15, -0.1) is 0 Å². The maximum absolute atomic E-state index is 12.0. The minimum absolute atomic E-state index is 0.0591. The van der Waals surface area contributed by atoms with Crippen LogP contribution in [0.3, 0.4) is 0 Å². The second-order valence-corrected chi connectivity index (χ2v) is 4.69. The van der Waals surface area contributed by atoms with Gasteiger partial charge in [0.15, 0.2) is 0 Å². The van der Waals surface area contributed by atoms with E-state index < -0.39 is 6.10 Å². The molecule has 2 aliphatic carbocycles. The van der Waals surface area contributed by atoms with Crippen LogP contribution < -0.4 is 4.74 Å². The number of aliphatic hydroxyl groups is 1. The Morgan fingerprint density at radius 3 is 2.59 bits per heavy atom. The van der Waals surface area contributed by atoms with Crippen molar-refractivity contribution in [1.82, 2.24) is 0 Å². The fourth-order valence-corrected chi connectivity index (χ4v) is 2.76. The van der Waals surface area contributed by atoms with Crippen molar-refractivity contribution in [3.63, 3.8) is 0 Å². The highest BCUT2D eigenvalue weighted by Gasteiger charge is 2.47. The SMILES string of the molecule is O=C(Oc1ccccc1)C1CC2C=CC1C2O. The van der Waals surface area contributed by atoms with Crippen LogP contribution in [0.2, 0.25) is 0 Å². The zero-order chi connectivity index (χ0) is 11.8. The van der Waals surface area contributed by atoms with Gasteiger partial charge in [0.2, 0.25) is 0 Å². The van der Waals surface area contributed by atoms with Crippen LogP contribution in [0.4, 0.5) is 0 Å². The van der Waals surface area contributed by atoms with Gasteiger partial charge in [0.25, 0.3) is 0 Å². The number of fused-ring (bicyclic) bond motifs is 2. The second kappa shape index (κ2) is 4.00. The third kappa shape index (κ3) is 1.76. The third-order valence-electron chi connectivity index (χ3n) is 3.67. The Morgan fingerprint density at radius 1 is 1.24 bits per heavy atom. The van der Waals surface area contributed by atoms with Crippen LogP contribution in [0, 0.1) is 17.8 Å². The summed E-state index contributed by atoms with van der Waals surface area (Å²) in [7, 11) is 0. The van der Waals surface area contributed by atoms with Crippen molar-refractivity contribution in [1.29, 1.82) is 0 Å². The van der Waals surface area contributed by atoms with Gasteiger partial charge in [-0.25, -0.2) is 0 Å². The van der Waals surface area contributed by atoms with Crippen molar-refractivity contribution in [3.8, 4) is 5.75 Å². The van der Waals surface area contributed by atoms with Crippen LogP contribution in [0.5, 0.6) is 5.75 Å². The minimum atomic E-state index is -0.400. The van der Waals surface area contributed by atoms with Gasteiger partial charge in [-0.05, 0) is 18.6 Å². The van der Waals surface area contributed by atoms with Crippen molar-refractivity contribution in [2.24, 2.45) is 17.8 Å². The number of aliphatic hydroxyl groups excluding tert-OH is 1. The topological polar surface area (TPSA) is 46.5 Å². The molecule has 88 valence electrons. The Hall–Kier alpha value is -1.61. The van der Waals surface area contributed by atoms with Crippen LogP contribution in [0.1, 0.15) is 6.42 Å². The molecule has 0 aliphatic heterocycles. The molecule has 0 spiro atoms. The first-order valence-electron chi connectivity index (χ1n) is 5.89. The third-order valence-corrected chi connectivity index (χ3v) is 3.67. The lowest BCUT2D eigenvalue weighted by molar-refractivity contribution is -0.140. The van der Waals surface area contributed by atoms with E-state index in [-0.39, 0.29) is 23.7 Å². The summed E-state index contributed by atoms with van der Waals surface area (Å²) in [5, 5.41) is 9.84. The van der Waals surface area contributed by atoms with Gasteiger partial charge in [0.1, 0.15) is 5.75 Å². The van der Waals surface area contributed by atoms with Gasteiger partial charge < -0.3 is 9.84 Å². The largest absolute Gasteiger partial charge is 0.426 e. The standard InChI is InChI=1S/C14H14O3/c15-13-9-6-7-11(13)12(8-9)14(16)17-10-4-2-1-3-5-10/h1-7,9,11-13,15H,8H2. The first-order valence-corrected chi connectivity index (χ1v) is 5.89. The number of benzene rings is 1. The van der Waals surface area contributed by atoms with Crippen LogP contribution in [-0.2, 0) is 4.79 Å². The number of para-hydroxylation sites is 1. The Morgan fingerprint density at radius 2 is 2.00 bits per heavy atom. The average Bonchev–Trinajstić information content (AvgIpc) is 2.86. The Bertz CT molecular complexity index is 452. The maximum Gasteiger partial charge on any atom is 0.315 e. The molecule has 3 rings (SSSR count). The normalized spacial score (nSPS) is 33.9. The summed E-state index contributed by atoms with van der Waals surface area (Å²) < 4.78 is 5.32. The van der Waals surface area contributed by atoms with E-state index in [0.29, 0.717) is 12.2 Å². The smallest absolute Gasteiger partial charge is 0.315 e. The van der Waals surface area contributed by atoms with Gasteiger partial charge in [-0.2, -0.15) is 0 Å². The van der Waals surface area contributed by atoms with E-state index in [1.807, 2.05) is 30.4 Å². The first-order chi connectivity index (χ1) is 8.25. The molecule has 1 fully saturated rings. The monoisotopic (exact) mass is 230 g/mol. The fourth-order valence-electron chi connectivity index (χ4n) is 2.76. The number of carbonyl (C=O) groups excluding carboxylic acids is 1. The number of hydrogen-bond donors (Lipinski definition) is 1. The molecule has 4 atom stereocenters. The van der Waals surface area contributed by atoms with Crippen molar-refractivity contribution in [2.45, 2.75) is 12.5 Å². The van der Waals surface area contributed by atoms with E-state index in [4.69, 9.17) is 4.74 Å². The van der Waals surface area contributed by atoms with E-state index in [1.54, 1.807) is 12.1 Å². The van der Waals surface area contributed by atoms with Crippen LogP contribution in [0.25, 0.3) is 0 Å². The molecule has 1 aromatic rings. The molecule has 2 aliphatic rings. The summed E-state index contributed by atoms with van der Waals surface area (Å²) in [4.78, 5) is 12.0. The predicted octanol–water partition coefficient (Wildman–Crippen LogP) is 1.77. The fraction of sp³-hybridized carbons (Fsp3) is 0.357. The Balaban J connectivity index is 1.71. The van der Waals surface area contributed by atoms with Crippen molar-refractivity contribution in [3.05, 3.63) is 42.5 Å². The molecule has 0 heterocycles. The minimum Gasteiger partial charge on any atom is -0.426 e. The van der Waals surface area contributed by atoms with Crippen molar-refractivity contribution < 1.29 is 14.6 Å². The average molecular weight is 230 g/mol. The summed E-state index contributed by atoms with van der Waals surface area (Å²) in [6.45, 7) is 0. The molecule has 17 heavy (non-hydrogen) atoms. The second-order valence-electron chi connectivity index (χ2n) is 4.69. The molecule has 1 aromatic carbocycles. The molecule has 1 saturated carbocycles. The lowest BCUT2D eigenvalue weighted by Crippen LogP contribution is -2.26. The Kier molecular flexibility index (Phi) is 2.48. The van der Waals surface area contributed by atoms with E-state index in [2.05, 4.69) is 0 Å². The van der Waals surface area contributed by atoms with Crippen molar-refractivity contribution in [2.75, 3.05) is 0 Å². The molecule has 3 heteroatoms. The van der Waals surface area contributed by atoms with Crippen LogP contribution in [-0.4, -0.2) is 17.2 Å². The molecule has 0 aromatic heterocycles. The zero-order valence-electron chi connectivity index (χ0n) is 9.32. The Labute approximate surface area is 99.7 Å². The predicted molar refractivity (Wildman–Crippen MR) is 62.3 cm³/mol. The molecular weight excluding hydrogens is 216 g/mol. The molecule has 4 unspecified atom stereocenters. The molecular formula is C14H14O3. The first kappa shape index (κ1) is 10.5. The highest BCUT2D eigenvalue weighted by Crippen LogP contribution is 2.44. The number of esters is 1. The number of ether oxygens (including phenoxy) is 1. The van der Waals surface area contributed by atoms with Gasteiger partial charge in [-0.1, -0.05) is 30.4 Å². The van der Waals surface area contributed by atoms with E-state index in [0.717, 1.165) is 0 Å². The number of rotatable bonds is 2. The summed E-state index contributed by atoms with van der Waals surface area (Å²) in [5.74, 6) is 0.218. The number of carbonyl (C=O) groups is 1. The quantitative estimate of drug-likeness (QED) is 0.478. The van der Waals surface area contributed by atoms with E-state index in [9.17, 15) is 9.90 Å². The van der Waals surface area contributed by atoms with Crippen molar-refractivity contribution >= 4 is 5.97 Å². The molecule has 1 N–H and O–H groups in total. The molecule has 2 bridgehead atoms. The van der Waals surface area contributed by atoms with Gasteiger partial charge in [0.05, 0.1) is 12.0 Å². The highest BCUT2D eigenvalue weighted by molar-refractivity contribution is 5.76. The van der Waals surface area contributed by atoms with E-state index in [1.165, 1.54) is 0 Å². The summed E-state index contributed by atoms with van der Waals surface area (Å²) >= 11 is 0. The van der Waals surface area contributed by atoms with Crippen LogP contribution >= 0.6 is 0 Å². The molecule has 0 radical (unpaired) electrons. The highest BCUT2D eigenvalue weighted by atomic mass is 16.5. The molecule has 0 saturated heterocycles. The maximum atomic E-state index is 12.0. The van der Waals surface area contributed by atoms with Gasteiger partial charge in [-0.3, -0.25) is 4.79 Å². The number of hydrogen-bond acceptors (Lipinski definition) is 3. The lowest BCUT2D eigenvalue weighted by atomic mass is 9.93. The van der Waals surface area contributed by atoms with Gasteiger partial charge in [0, 0.05) is 11.8 Å². The van der Waals surface area contributed by atoms with E-state index >= 15 is 0 Å². The van der Waals surface area contributed by atoms with Crippen LogP contribution in [0.15, 0.2) is 42.5 Å². The van der Waals surface area contributed by atoms with Gasteiger partial charge >= 0.3 is 5.97 Å². The lowest BCUT2D eigenvalue weighted by Gasteiger charge is -2.16. The summed E-state index contributed by atoms with van der Waals surface area (Å²) in [6, 6.07) is 9.06. The molecule has 3 nitrogen and oxygen atoms in total.